The zero-order valence-electron chi connectivity index (χ0n) is 16.9. The SMILES string of the molecule is Cc1cccc(C)c1NC(=O)CSc1nc(-c2ccccc2)n(-c2ccccc2)n1. The molecule has 0 aliphatic heterocycles. The van der Waals surface area contributed by atoms with Crippen molar-refractivity contribution in [3.8, 4) is 17.1 Å². The highest BCUT2D eigenvalue weighted by atomic mass is 32.2. The number of para-hydroxylation sites is 2. The molecule has 1 heterocycles. The van der Waals surface area contributed by atoms with Gasteiger partial charge in [0.1, 0.15) is 0 Å². The van der Waals surface area contributed by atoms with Gasteiger partial charge in [0.15, 0.2) is 5.82 Å². The molecule has 0 spiro atoms. The van der Waals surface area contributed by atoms with Crippen molar-refractivity contribution in [2.75, 3.05) is 11.1 Å². The summed E-state index contributed by atoms with van der Waals surface area (Å²) in [4.78, 5) is 17.2. The molecule has 0 radical (unpaired) electrons. The molecule has 0 fully saturated rings. The van der Waals surface area contributed by atoms with Crippen LogP contribution in [0.2, 0.25) is 0 Å². The van der Waals surface area contributed by atoms with E-state index in [2.05, 4.69) is 10.4 Å². The van der Waals surface area contributed by atoms with Crippen molar-refractivity contribution in [1.82, 2.24) is 14.8 Å². The van der Waals surface area contributed by atoms with E-state index in [1.54, 1.807) is 0 Å². The van der Waals surface area contributed by atoms with Crippen molar-refractivity contribution < 1.29 is 4.79 Å². The van der Waals surface area contributed by atoms with E-state index in [1.807, 2.05) is 97.4 Å². The van der Waals surface area contributed by atoms with Gasteiger partial charge in [0.05, 0.1) is 11.4 Å². The molecule has 0 aliphatic rings. The second kappa shape index (κ2) is 8.97. The van der Waals surface area contributed by atoms with Crippen LogP contribution in [0.1, 0.15) is 11.1 Å². The molecular formula is C24H22N4OS. The van der Waals surface area contributed by atoms with E-state index in [9.17, 15) is 4.79 Å². The summed E-state index contributed by atoms with van der Waals surface area (Å²) in [5.41, 5.74) is 4.87. The Kier molecular flexibility index (Phi) is 5.95. The Bertz CT molecular complexity index is 1080. The quantitative estimate of drug-likeness (QED) is 0.436. The molecular weight excluding hydrogens is 392 g/mol. The highest BCUT2D eigenvalue weighted by Crippen LogP contribution is 2.25. The zero-order chi connectivity index (χ0) is 20.9. The molecule has 6 heteroatoms. The van der Waals surface area contributed by atoms with E-state index >= 15 is 0 Å². The van der Waals surface area contributed by atoms with Gasteiger partial charge in [-0.15, -0.1) is 5.10 Å². The number of amides is 1. The fourth-order valence-electron chi connectivity index (χ4n) is 3.19. The standard InChI is InChI=1S/C24H22N4OS/c1-17-10-9-11-18(2)22(17)25-21(29)16-30-24-26-23(19-12-5-3-6-13-19)28(27-24)20-14-7-4-8-15-20/h3-15H,16H2,1-2H3,(H,25,29). The third-order valence-electron chi connectivity index (χ3n) is 4.70. The van der Waals surface area contributed by atoms with Crippen LogP contribution in [0.25, 0.3) is 17.1 Å². The number of nitrogens with one attached hydrogen (secondary N) is 1. The largest absolute Gasteiger partial charge is 0.325 e. The van der Waals surface area contributed by atoms with E-state index in [0.717, 1.165) is 33.9 Å². The van der Waals surface area contributed by atoms with Crippen LogP contribution < -0.4 is 5.32 Å². The van der Waals surface area contributed by atoms with E-state index in [0.29, 0.717) is 5.16 Å². The summed E-state index contributed by atoms with van der Waals surface area (Å²) in [5.74, 6) is 0.912. The molecule has 30 heavy (non-hydrogen) atoms. The predicted octanol–water partition coefficient (Wildman–Crippen LogP) is 5.28. The molecule has 0 bridgehead atoms. The van der Waals surface area contributed by atoms with Gasteiger partial charge < -0.3 is 5.32 Å². The normalized spacial score (nSPS) is 10.7. The molecule has 0 unspecified atom stereocenters. The number of aryl methyl sites for hydroxylation is 2. The van der Waals surface area contributed by atoms with E-state index in [4.69, 9.17) is 4.98 Å². The number of hydrogen-bond donors (Lipinski definition) is 1. The number of hydrogen-bond acceptors (Lipinski definition) is 4. The Balaban J connectivity index is 1.55. The molecule has 1 aromatic heterocycles. The van der Waals surface area contributed by atoms with Crippen LogP contribution in [0.3, 0.4) is 0 Å². The van der Waals surface area contributed by atoms with Gasteiger partial charge in [-0.1, -0.05) is 78.5 Å². The molecule has 0 saturated heterocycles. The van der Waals surface area contributed by atoms with Crippen LogP contribution >= 0.6 is 11.8 Å². The Morgan fingerprint density at radius 2 is 1.53 bits per heavy atom. The lowest BCUT2D eigenvalue weighted by Crippen LogP contribution is -2.15. The molecule has 150 valence electrons. The van der Waals surface area contributed by atoms with Gasteiger partial charge in [0, 0.05) is 11.3 Å². The van der Waals surface area contributed by atoms with E-state index in [1.165, 1.54) is 11.8 Å². The maximum absolute atomic E-state index is 12.5. The van der Waals surface area contributed by atoms with Crippen LogP contribution in [0.4, 0.5) is 5.69 Å². The van der Waals surface area contributed by atoms with Crippen LogP contribution in [-0.2, 0) is 4.79 Å². The number of carbonyl (C=O) groups is 1. The number of nitrogens with zero attached hydrogens (tertiary/aromatic N) is 3. The first-order valence-corrected chi connectivity index (χ1v) is 10.7. The minimum atomic E-state index is -0.0743. The second-order valence-corrected chi connectivity index (χ2v) is 7.88. The first-order valence-electron chi connectivity index (χ1n) is 9.68. The third-order valence-corrected chi connectivity index (χ3v) is 5.54. The highest BCUT2D eigenvalue weighted by molar-refractivity contribution is 7.99. The number of anilines is 1. The van der Waals surface area contributed by atoms with Gasteiger partial charge in [-0.25, -0.2) is 9.67 Å². The fourth-order valence-corrected chi connectivity index (χ4v) is 3.82. The number of thioether (sulfide) groups is 1. The summed E-state index contributed by atoms with van der Waals surface area (Å²) in [6.07, 6.45) is 0. The van der Waals surface area contributed by atoms with Gasteiger partial charge in [-0.2, -0.15) is 0 Å². The summed E-state index contributed by atoms with van der Waals surface area (Å²) in [5, 5.41) is 8.24. The van der Waals surface area contributed by atoms with Crippen molar-refractivity contribution in [3.05, 3.63) is 90.0 Å². The fraction of sp³-hybridized carbons (Fsp3) is 0.125. The van der Waals surface area contributed by atoms with Crippen molar-refractivity contribution in [3.63, 3.8) is 0 Å². The topological polar surface area (TPSA) is 59.8 Å². The van der Waals surface area contributed by atoms with Gasteiger partial charge >= 0.3 is 0 Å². The summed E-state index contributed by atoms with van der Waals surface area (Å²) in [7, 11) is 0. The van der Waals surface area contributed by atoms with Gasteiger partial charge in [0.2, 0.25) is 11.1 Å². The molecule has 0 saturated carbocycles. The first kappa shape index (κ1) is 19.9. The molecule has 0 aliphatic carbocycles. The van der Waals surface area contributed by atoms with E-state index in [-0.39, 0.29) is 11.7 Å². The van der Waals surface area contributed by atoms with Crippen LogP contribution in [-0.4, -0.2) is 26.4 Å². The maximum Gasteiger partial charge on any atom is 0.234 e. The first-order chi connectivity index (χ1) is 14.6. The van der Waals surface area contributed by atoms with E-state index < -0.39 is 0 Å². The van der Waals surface area contributed by atoms with Crippen LogP contribution in [0.15, 0.2) is 84.0 Å². The average Bonchev–Trinajstić information content (AvgIpc) is 3.21. The van der Waals surface area contributed by atoms with Crippen molar-refractivity contribution >= 4 is 23.4 Å². The van der Waals surface area contributed by atoms with Crippen LogP contribution in [0, 0.1) is 13.8 Å². The van der Waals surface area contributed by atoms with Gasteiger partial charge in [-0.05, 0) is 37.1 Å². The molecule has 4 rings (SSSR count). The number of carbonyl (C=O) groups excluding carboxylic acids is 1. The van der Waals surface area contributed by atoms with Crippen LogP contribution in [0.5, 0.6) is 0 Å². The summed E-state index contributed by atoms with van der Waals surface area (Å²) >= 11 is 1.33. The lowest BCUT2D eigenvalue weighted by atomic mass is 10.1. The molecule has 3 aromatic carbocycles. The second-order valence-electron chi connectivity index (χ2n) is 6.94. The van der Waals surface area contributed by atoms with Crippen molar-refractivity contribution in [1.29, 1.82) is 0 Å². The number of aromatic nitrogens is 3. The molecule has 4 aromatic rings. The minimum Gasteiger partial charge on any atom is -0.325 e. The third kappa shape index (κ3) is 4.44. The monoisotopic (exact) mass is 414 g/mol. The Hall–Kier alpha value is -3.38. The van der Waals surface area contributed by atoms with Gasteiger partial charge in [-0.3, -0.25) is 4.79 Å². The Morgan fingerprint density at radius 3 is 2.20 bits per heavy atom. The molecule has 1 amide bonds. The highest BCUT2D eigenvalue weighted by Gasteiger charge is 2.15. The maximum atomic E-state index is 12.5. The minimum absolute atomic E-state index is 0.0743. The number of rotatable bonds is 6. The van der Waals surface area contributed by atoms with Crippen molar-refractivity contribution in [2.45, 2.75) is 19.0 Å². The molecule has 1 N–H and O–H groups in total. The summed E-state index contributed by atoms with van der Waals surface area (Å²) in [6.45, 7) is 3.98. The predicted molar refractivity (Wildman–Crippen MR) is 122 cm³/mol. The van der Waals surface area contributed by atoms with Gasteiger partial charge in [0.25, 0.3) is 0 Å². The number of benzene rings is 3. The van der Waals surface area contributed by atoms with Crippen molar-refractivity contribution in [2.24, 2.45) is 0 Å². The lowest BCUT2D eigenvalue weighted by molar-refractivity contribution is -0.113. The molecule has 0 atom stereocenters. The Morgan fingerprint density at radius 1 is 0.900 bits per heavy atom. The Labute approximate surface area is 180 Å². The smallest absolute Gasteiger partial charge is 0.234 e. The lowest BCUT2D eigenvalue weighted by Gasteiger charge is -2.10. The average molecular weight is 415 g/mol. The molecule has 5 nitrogen and oxygen atoms in total. The zero-order valence-corrected chi connectivity index (χ0v) is 17.7. The summed E-state index contributed by atoms with van der Waals surface area (Å²) < 4.78 is 1.82. The summed E-state index contributed by atoms with van der Waals surface area (Å²) in [6, 6.07) is 25.8.